The molecule has 0 aromatic heterocycles. The zero-order valence-corrected chi connectivity index (χ0v) is 13.0. The topological polar surface area (TPSA) is 58.2 Å². The molecule has 0 aliphatic heterocycles. The lowest BCUT2D eigenvalue weighted by molar-refractivity contribution is -0.125. The first-order valence-electron chi connectivity index (χ1n) is 7.63. The molecule has 4 heteroatoms. The van der Waals surface area contributed by atoms with Crippen LogP contribution in [0.25, 0.3) is 0 Å². The highest BCUT2D eigenvalue weighted by atomic mass is 16.2. The van der Waals surface area contributed by atoms with Crippen LogP contribution in [0.2, 0.25) is 0 Å². The van der Waals surface area contributed by atoms with E-state index in [1.54, 1.807) is 0 Å². The Morgan fingerprint density at radius 3 is 2.52 bits per heavy atom. The molecule has 21 heavy (non-hydrogen) atoms. The first kappa shape index (κ1) is 15.5. The van der Waals surface area contributed by atoms with Crippen molar-refractivity contribution in [2.45, 2.75) is 33.6 Å². The molecule has 1 aromatic rings. The van der Waals surface area contributed by atoms with Crippen LogP contribution < -0.4 is 10.6 Å². The molecule has 2 amide bonds. The maximum atomic E-state index is 12.1. The van der Waals surface area contributed by atoms with Gasteiger partial charge in [0.15, 0.2) is 0 Å². The van der Waals surface area contributed by atoms with Gasteiger partial charge in [-0.05, 0) is 37.3 Å². The molecule has 0 radical (unpaired) electrons. The fourth-order valence-electron chi connectivity index (χ4n) is 2.33. The van der Waals surface area contributed by atoms with E-state index < -0.39 is 0 Å². The number of hydrogen-bond acceptors (Lipinski definition) is 2. The van der Waals surface area contributed by atoms with Crippen molar-refractivity contribution in [1.82, 2.24) is 5.32 Å². The van der Waals surface area contributed by atoms with Gasteiger partial charge in [-0.1, -0.05) is 32.0 Å². The van der Waals surface area contributed by atoms with Crippen molar-refractivity contribution in [3.8, 4) is 0 Å². The van der Waals surface area contributed by atoms with Crippen LogP contribution in [0.4, 0.5) is 5.69 Å². The van der Waals surface area contributed by atoms with Crippen LogP contribution in [0.1, 0.15) is 32.3 Å². The van der Waals surface area contributed by atoms with Crippen molar-refractivity contribution in [3.63, 3.8) is 0 Å². The van der Waals surface area contributed by atoms with E-state index in [2.05, 4.69) is 24.5 Å². The number of anilines is 1. The van der Waals surface area contributed by atoms with Crippen LogP contribution in [0, 0.1) is 24.7 Å². The summed E-state index contributed by atoms with van der Waals surface area (Å²) in [6.45, 7) is 6.90. The number of benzene rings is 1. The summed E-state index contributed by atoms with van der Waals surface area (Å²) >= 11 is 0. The number of carbonyl (C=O) groups is 2. The SMILES string of the molecule is Cc1ccccc1NC(=O)C1CC1C(=O)NCCC(C)C. The van der Waals surface area contributed by atoms with Gasteiger partial charge in [0, 0.05) is 12.2 Å². The van der Waals surface area contributed by atoms with Gasteiger partial charge in [0.1, 0.15) is 0 Å². The highest BCUT2D eigenvalue weighted by Crippen LogP contribution is 2.39. The predicted octanol–water partition coefficient (Wildman–Crippen LogP) is 2.73. The molecule has 1 aromatic carbocycles. The summed E-state index contributed by atoms with van der Waals surface area (Å²) < 4.78 is 0. The Kier molecular flexibility index (Phi) is 4.99. The number of amides is 2. The molecule has 1 aliphatic carbocycles. The maximum absolute atomic E-state index is 12.1. The van der Waals surface area contributed by atoms with E-state index >= 15 is 0 Å². The zero-order chi connectivity index (χ0) is 15.4. The van der Waals surface area contributed by atoms with E-state index in [4.69, 9.17) is 0 Å². The average molecular weight is 288 g/mol. The molecular formula is C17H24N2O2. The summed E-state index contributed by atoms with van der Waals surface area (Å²) in [6, 6.07) is 7.67. The van der Waals surface area contributed by atoms with Crippen LogP contribution in [0.15, 0.2) is 24.3 Å². The summed E-state index contributed by atoms with van der Waals surface area (Å²) in [7, 11) is 0. The van der Waals surface area contributed by atoms with E-state index in [1.807, 2.05) is 31.2 Å². The maximum Gasteiger partial charge on any atom is 0.228 e. The minimum atomic E-state index is -0.177. The van der Waals surface area contributed by atoms with E-state index in [0.29, 0.717) is 18.9 Å². The zero-order valence-electron chi connectivity index (χ0n) is 13.0. The minimum absolute atomic E-state index is 0.0144. The second kappa shape index (κ2) is 6.74. The van der Waals surface area contributed by atoms with E-state index in [9.17, 15) is 9.59 Å². The molecule has 1 saturated carbocycles. The van der Waals surface area contributed by atoms with Crippen LogP contribution >= 0.6 is 0 Å². The molecule has 2 N–H and O–H groups in total. The van der Waals surface area contributed by atoms with E-state index in [-0.39, 0.29) is 23.7 Å². The monoisotopic (exact) mass is 288 g/mol. The van der Waals surface area contributed by atoms with Crippen molar-refractivity contribution < 1.29 is 9.59 Å². The van der Waals surface area contributed by atoms with Crippen molar-refractivity contribution in [2.24, 2.45) is 17.8 Å². The number of aryl methyl sites for hydroxylation is 1. The van der Waals surface area contributed by atoms with Gasteiger partial charge < -0.3 is 10.6 Å². The van der Waals surface area contributed by atoms with Crippen LogP contribution in [0.5, 0.6) is 0 Å². The van der Waals surface area contributed by atoms with Crippen molar-refractivity contribution in [2.75, 3.05) is 11.9 Å². The summed E-state index contributed by atoms with van der Waals surface area (Å²) in [5, 5.41) is 5.83. The summed E-state index contributed by atoms with van der Waals surface area (Å²) in [5.74, 6) is 0.211. The third kappa shape index (κ3) is 4.31. The Morgan fingerprint density at radius 1 is 1.19 bits per heavy atom. The average Bonchev–Trinajstić information content (AvgIpc) is 3.21. The van der Waals surface area contributed by atoms with Crippen molar-refractivity contribution >= 4 is 17.5 Å². The van der Waals surface area contributed by atoms with Crippen molar-refractivity contribution in [1.29, 1.82) is 0 Å². The predicted molar refractivity (Wildman–Crippen MR) is 83.9 cm³/mol. The highest BCUT2D eigenvalue weighted by Gasteiger charge is 2.47. The Morgan fingerprint density at radius 2 is 1.86 bits per heavy atom. The quantitative estimate of drug-likeness (QED) is 0.845. The number of nitrogens with one attached hydrogen (secondary N) is 2. The largest absolute Gasteiger partial charge is 0.356 e. The molecule has 0 bridgehead atoms. The highest BCUT2D eigenvalue weighted by molar-refractivity contribution is 5.99. The molecular weight excluding hydrogens is 264 g/mol. The number of hydrogen-bond donors (Lipinski definition) is 2. The summed E-state index contributed by atoms with van der Waals surface area (Å²) in [4.78, 5) is 24.1. The molecule has 2 unspecified atom stereocenters. The Hall–Kier alpha value is -1.84. The molecule has 0 saturated heterocycles. The molecule has 2 rings (SSSR count). The van der Waals surface area contributed by atoms with Crippen LogP contribution in [0.3, 0.4) is 0 Å². The van der Waals surface area contributed by atoms with Gasteiger partial charge in [-0.15, -0.1) is 0 Å². The Bertz CT molecular complexity index is 525. The number of rotatable bonds is 6. The fourth-order valence-corrected chi connectivity index (χ4v) is 2.33. The van der Waals surface area contributed by atoms with Crippen LogP contribution in [-0.4, -0.2) is 18.4 Å². The minimum Gasteiger partial charge on any atom is -0.356 e. The lowest BCUT2D eigenvalue weighted by Gasteiger charge is -2.08. The van der Waals surface area contributed by atoms with Gasteiger partial charge in [-0.3, -0.25) is 9.59 Å². The van der Waals surface area contributed by atoms with E-state index in [0.717, 1.165) is 17.7 Å². The van der Waals surface area contributed by atoms with E-state index in [1.165, 1.54) is 0 Å². The number of carbonyl (C=O) groups excluding carboxylic acids is 2. The Balaban J connectivity index is 1.79. The van der Waals surface area contributed by atoms with Crippen LogP contribution in [-0.2, 0) is 9.59 Å². The standard InChI is InChI=1S/C17H24N2O2/c1-11(2)8-9-18-16(20)13-10-14(13)17(21)19-15-7-5-4-6-12(15)3/h4-7,11,13-14H,8-10H2,1-3H3,(H,18,20)(H,19,21). The molecule has 0 heterocycles. The lowest BCUT2D eigenvalue weighted by atomic mass is 10.1. The molecule has 1 fully saturated rings. The molecule has 1 aliphatic rings. The fraction of sp³-hybridized carbons (Fsp3) is 0.529. The normalized spacial score (nSPS) is 20.2. The van der Waals surface area contributed by atoms with Gasteiger partial charge in [-0.25, -0.2) is 0 Å². The van der Waals surface area contributed by atoms with Gasteiger partial charge in [0.2, 0.25) is 11.8 Å². The summed E-state index contributed by atoms with van der Waals surface area (Å²) in [6.07, 6.45) is 1.63. The third-order valence-electron chi connectivity index (χ3n) is 3.89. The molecule has 0 spiro atoms. The Labute approximate surface area is 126 Å². The van der Waals surface area contributed by atoms with Gasteiger partial charge in [-0.2, -0.15) is 0 Å². The number of para-hydroxylation sites is 1. The molecule has 4 nitrogen and oxygen atoms in total. The first-order chi connectivity index (χ1) is 9.99. The summed E-state index contributed by atoms with van der Waals surface area (Å²) in [5.41, 5.74) is 1.86. The third-order valence-corrected chi connectivity index (χ3v) is 3.89. The smallest absolute Gasteiger partial charge is 0.228 e. The molecule has 2 atom stereocenters. The first-order valence-corrected chi connectivity index (χ1v) is 7.63. The molecule has 114 valence electrons. The second-order valence-corrected chi connectivity index (χ2v) is 6.23. The second-order valence-electron chi connectivity index (χ2n) is 6.23. The van der Waals surface area contributed by atoms with Gasteiger partial charge in [0.05, 0.1) is 11.8 Å². The lowest BCUT2D eigenvalue weighted by Crippen LogP contribution is -2.28. The van der Waals surface area contributed by atoms with Gasteiger partial charge in [0.25, 0.3) is 0 Å². The van der Waals surface area contributed by atoms with Crippen molar-refractivity contribution in [3.05, 3.63) is 29.8 Å². The van der Waals surface area contributed by atoms with Gasteiger partial charge >= 0.3 is 0 Å².